The summed E-state index contributed by atoms with van der Waals surface area (Å²) in [5.41, 5.74) is 8.23. The van der Waals surface area contributed by atoms with Gasteiger partial charge in [-0.2, -0.15) is 0 Å². The molecule has 0 spiro atoms. The van der Waals surface area contributed by atoms with Crippen LogP contribution >= 0.6 is 0 Å². The fourth-order valence-corrected chi connectivity index (χ4v) is 7.09. The van der Waals surface area contributed by atoms with Crippen LogP contribution in [0.2, 0.25) is 0 Å². The number of aliphatic hydroxyl groups excluding tert-OH is 1. The van der Waals surface area contributed by atoms with E-state index in [1.807, 2.05) is 42.5 Å². The fourth-order valence-electron chi connectivity index (χ4n) is 7.09. The number of hydrogen-bond donors (Lipinski definition) is 1. The second-order valence-electron chi connectivity index (χ2n) is 12.2. The Bertz CT molecular complexity index is 1990. The summed E-state index contributed by atoms with van der Waals surface area (Å²) < 4.78 is 25.3. The van der Waals surface area contributed by atoms with Gasteiger partial charge in [-0.3, -0.25) is 0 Å². The molecule has 0 amide bonds. The van der Waals surface area contributed by atoms with Gasteiger partial charge in [0.15, 0.2) is 5.60 Å². The molecule has 0 radical (unpaired) electrons. The Labute approximate surface area is 270 Å². The largest absolute Gasteiger partial charge is 0.497 e. The van der Waals surface area contributed by atoms with Crippen molar-refractivity contribution in [3.8, 4) is 28.4 Å². The van der Waals surface area contributed by atoms with E-state index in [1.54, 1.807) is 7.11 Å². The predicted octanol–water partition coefficient (Wildman–Crippen LogP) is 8.63. The van der Waals surface area contributed by atoms with Crippen LogP contribution < -0.4 is 14.2 Å². The summed E-state index contributed by atoms with van der Waals surface area (Å²) in [6, 6.07) is 29.2. The molecular formula is C41H38O5. The van der Waals surface area contributed by atoms with E-state index >= 15 is 0 Å². The molecule has 1 N–H and O–H groups in total. The average molecular weight is 611 g/mol. The van der Waals surface area contributed by atoms with Crippen molar-refractivity contribution >= 4 is 16.8 Å². The van der Waals surface area contributed by atoms with Crippen molar-refractivity contribution in [2.45, 2.75) is 32.0 Å². The number of fused-ring (bicyclic) bond motifs is 8. The molecule has 1 aliphatic carbocycles. The van der Waals surface area contributed by atoms with Crippen LogP contribution in [0.25, 0.3) is 28.0 Å². The molecule has 0 fully saturated rings. The normalized spacial score (nSPS) is 19.2. The predicted molar refractivity (Wildman–Crippen MR) is 184 cm³/mol. The first-order valence-electron chi connectivity index (χ1n) is 15.7. The molecule has 5 aromatic rings. The Hall–Kier alpha value is -4.84. The lowest BCUT2D eigenvalue weighted by Crippen LogP contribution is -2.35. The molecule has 5 nitrogen and oxygen atoms in total. The van der Waals surface area contributed by atoms with E-state index in [0.717, 1.165) is 55.7 Å². The Kier molecular flexibility index (Phi) is 7.47. The highest BCUT2D eigenvalue weighted by Gasteiger charge is 2.47. The van der Waals surface area contributed by atoms with Gasteiger partial charge in [0.25, 0.3) is 0 Å². The molecule has 7 rings (SSSR count). The smallest absolute Gasteiger partial charge is 0.178 e. The number of ether oxygens (including phenoxy) is 4. The fraction of sp³-hybridized carbons (Fsp3) is 0.220. The average Bonchev–Trinajstić information content (AvgIpc) is 3.34. The third-order valence-electron chi connectivity index (χ3n) is 9.29. The molecule has 2 aliphatic rings. The quantitative estimate of drug-likeness (QED) is 0.169. The van der Waals surface area contributed by atoms with Crippen molar-refractivity contribution in [3.05, 3.63) is 143 Å². The zero-order valence-corrected chi connectivity index (χ0v) is 26.7. The third-order valence-corrected chi connectivity index (χ3v) is 9.29. The second-order valence-corrected chi connectivity index (χ2v) is 12.2. The van der Waals surface area contributed by atoms with Crippen molar-refractivity contribution in [1.29, 1.82) is 0 Å². The molecule has 1 aliphatic heterocycles. The summed E-state index contributed by atoms with van der Waals surface area (Å²) in [6.45, 7) is 11.0. The van der Waals surface area contributed by atoms with Gasteiger partial charge in [0.1, 0.15) is 29.5 Å². The monoisotopic (exact) mass is 610 g/mol. The first-order chi connectivity index (χ1) is 22.3. The highest BCUT2D eigenvalue weighted by molar-refractivity contribution is 6.08. The molecule has 2 atom stereocenters. The molecule has 1 heterocycles. The van der Waals surface area contributed by atoms with Crippen molar-refractivity contribution in [3.63, 3.8) is 0 Å². The van der Waals surface area contributed by atoms with Crippen molar-refractivity contribution in [2.24, 2.45) is 0 Å². The minimum atomic E-state index is -0.944. The van der Waals surface area contributed by atoms with E-state index in [1.165, 1.54) is 16.7 Å². The first kappa shape index (κ1) is 29.8. The molecule has 232 valence electrons. The van der Waals surface area contributed by atoms with E-state index in [4.69, 9.17) is 18.9 Å². The van der Waals surface area contributed by atoms with Gasteiger partial charge < -0.3 is 24.1 Å². The Balaban J connectivity index is 1.51. The lowest BCUT2D eigenvalue weighted by Gasteiger charge is -2.39. The topological polar surface area (TPSA) is 57.2 Å². The molecule has 5 aromatic carbocycles. The van der Waals surface area contributed by atoms with Gasteiger partial charge in [-0.05, 0) is 79.3 Å². The molecule has 0 bridgehead atoms. The van der Waals surface area contributed by atoms with E-state index in [9.17, 15) is 5.11 Å². The van der Waals surface area contributed by atoms with Crippen molar-refractivity contribution in [2.75, 3.05) is 26.9 Å². The van der Waals surface area contributed by atoms with E-state index in [0.29, 0.717) is 12.4 Å². The Morgan fingerprint density at radius 2 is 1.52 bits per heavy atom. The summed E-state index contributed by atoms with van der Waals surface area (Å²) >= 11 is 0. The molecule has 46 heavy (non-hydrogen) atoms. The molecule has 2 unspecified atom stereocenters. The van der Waals surface area contributed by atoms with E-state index < -0.39 is 11.2 Å². The van der Waals surface area contributed by atoms with Crippen LogP contribution in [-0.2, 0) is 15.9 Å². The summed E-state index contributed by atoms with van der Waals surface area (Å²) in [7, 11) is 1.67. The third kappa shape index (κ3) is 4.61. The summed E-state index contributed by atoms with van der Waals surface area (Å²) in [5, 5.41) is 11.4. The molecule has 0 saturated heterocycles. The van der Waals surface area contributed by atoms with Gasteiger partial charge in [-0.1, -0.05) is 77.9 Å². The number of hydrogen-bond acceptors (Lipinski definition) is 5. The molecule has 0 aromatic heterocycles. The van der Waals surface area contributed by atoms with Crippen LogP contribution in [0.15, 0.2) is 104 Å². The van der Waals surface area contributed by atoms with Crippen LogP contribution in [0, 0.1) is 13.8 Å². The van der Waals surface area contributed by atoms with Gasteiger partial charge in [0.05, 0.1) is 20.3 Å². The summed E-state index contributed by atoms with van der Waals surface area (Å²) in [5.74, 6) is 2.27. The summed E-state index contributed by atoms with van der Waals surface area (Å²) in [6.07, 6.45) is 6.18. The van der Waals surface area contributed by atoms with Crippen molar-refractivity contribution in [1.82, 2.24) is 0 Å². The Morgan fingerprint density at radius 1 is 0.848 bits per heavy atom. The maximum absolute atomic E-state index is 9.26. The van der Waals surface area contributed by atoms with Crippen LogP contribution in [-0.4, -0.2) is 32.0 Å². The van der Waals surface area contributed by atoms with Gasteiger partial charge in [0, 0.05) is 27.6 Å². The van der Waals surface area contributed by atoms with Gasteiger partial charge >= 0.3 is 0 Å². The minimum absolute atomic E-state index is 0.0458. The Morgan fingerprint density at radius 3 is 2.20 bits per heavy atom. The zero-order chi connectivity index (χ0) is 32.1. The SMILES string of the molecule is C=CCOC1(C)c2cc(C)ccc2-c2c1c1c(c3cc(C)ccc23)OC(c2ccc(OC)cc2)(c2ccc(OCCO)cc2)C=C1. The first-order valence-corrected chi connectivity index (χ1v) is 15.7. The highest BCUT2D eigenvalue weighted by Crippen LogP contribution is 2.58. The summed E-state index contributed by atoms with van der Waals surface area (Å²) in [4.78, 5) is 0. The van der Waals surface area contributed by atoms with E-state index in [-0.39, 0.29) is 13.2 Å². The lowest BCUT2D eigenvalue weighted by molar-refractivity contribution is 0.0170. The number of aliphatic hydroxyl groups is 1. The van der Waals surface area contributed by atoms with Crippen LogP contribution in [0.4, 0.5) is 0 Å². The van der Waals surface area contributed by atoms with Crippen LogP contribution in [0.3, 0.4) is 0 Å². The van der Waals surface area contributed by atoms with Crippen molar-refractivity contribution < 1.29 is 24.1 Å². The van der Waals surface area contributed by atoms with Crippen LogP contribution in [0.5, 0.6) is 17.2 Å². The zero-order valence-electron chi connectivity index (χ0n) is 26.7. The van der Waals surface area contributed by atoms with Gasteiger partial charge in [-0.25, -0.2) is 0 Å². The maximum atomic E-state index is 9.26. The van der Waals surface area contributed by atoms with E-state index in [2.05, 4.69) is 88.0 Å². The molecular weight excluding hydrogens is 572 g/mol. The minimum Gasteiger partial charge on any atom is -0.497 e. The van der Waals surface area contributed by atoms with Crippen LogP contribution in [0.1, 0.15) is 45.9 Å². The molecule has 0 saturated carbocycles. The number of benzene rings is 5. The second kappa shape index (κ2) is 11.5. The molecule has 5 heteroatoms. The number of methoxy groups -OCH3 is 1. The maximum Gasteiger partial charge on any atom is 0.178 e. The van der Waals surface area contributed by atoms with Gasteiger partial charge in [0.2, 0.25) is 0 Å². The number of aryl methyl sites for hydroxylation is 2. The highest BCUT2D eigenvalue weighted by atomic mass is 16.5. The number of rotatable bonds is 9. The standard InChI is InChI=1S/C41H38O5/c1-6-22-45-40(4)36-25-27(3)8-18-33(36)37-32-17-7-26(2)24-35(32)39-34(38(37)40)19-20-41(46-39,28-9-13-30(43-5)14-10-28)29-11-15-31(16-12-29)44-23-21-42/h6-20,24-25,42H,1,21-23H2,2-5H3. The lowest BCUT2D eigenvalue weighted by atomic mass is 9.80. The van der Waals surface area contributed by atoms with Gasteiger partial charge in [-0.15, -0.1) is 6.58 Å².